The number of para-hydroxylation sites is 1. The van der Waals surface area contributed by atoms with E-state index in [-0.39, 0.29) is 30.5 Å². The average Bonchev–Trinajstić information content (AvgIpc) is 2.86. The molecule has 6 heteroatoms. The van der Waals surface area contributed by atoms with Crippen LogP contribution in [0.4, 0.5) is 4.39 Å². The molecular weight excluding hydrogens is 455 g/mol. The molecule has 2 aromatic carbocycles. The first-order chi connectivity index (χ1) is 17.3. The lowest BCUT2D eigenvalue weighted by Gasteiger charge is -2.19. The predicted molar refractivity (Wildman–Crippen MR) is 144 cm³/mol. The smallest absolute Gasteiger partial charge is 0.222 e. The van der Waals surface area contributed by atoms with E-state index in [1.807, 2.05) is 37.3 Å². The zero-order chi connectivity index (χ0) is 26.1. The Bertz CT molecular complexity index is 1180. The summed E-state index contributed by atoms with van der Waals surface area (Å²) in [6, 6.07) is 14.3. The minimum Gasteiger partial charge on any atom is -0.392 e. The summed E-state index contributed by atoms with van der Waals surface area (Å²) in [5, 5.41) is 24.7. The molecule has 3 rings (SSSR count). The van der Waals surface area contributed by atoms with Crippen LogP contribution in [0.3, 0.4) is 0 Å². The van der Waals surface area contributed by atoms with Gasteiger partial charge in [-0.05, 0) is 42.5 Å². The Labute approximate surface area is 213 Å². The third kappa shape index (κ3) is 7.21. The van der Waals surface area contributed by atoms with Gasteiger partial charge in [-0.3, -0.25) is 9.78 Å². The molecule has 1 unspecified atom stereocenters. The van der Waals surface area contributed by atoms with Crippen molar-refractivity contribution in [1.82, 2.24) is 10.3 Å². The van der Waals surface area contributed by atoms with Crippen molar-refractivity contribution >= 4 is 22.9 Å². The largest absolute Gasteiger partial charge is 0.392 e. The highest BCUT2D eigenvalue weighted by molar-refractivity contribution is 5.99. The lowest BCUT2D eigenvalue weighted by atomic mass is 9.89. The van der Waals surface area contributed by atoms with Crippen LogP contribution in [0.2, 0.25) is 0 Å². The molecule has 3 atom stereocenters. The number of hydrogen-bond acceptors (Lipinski definition) is 4. The number of aliphatic hydroxyl groups is 2. The summed E-state index contributed by atoms with van der Waals surface area (Å²) in [5.74, 6) is -0.369. The molecule has 0 fully saturated rings. The summed E-state index contributed by atoms with van der Waals surface area (Å²) in [6.07, 6.45) is 4.34. The van der Waals surface area contributed by atoms with Crippen molar-refractivity contribution in [3.63, 3.8) is 0 Å². The molecular formula is C30H37FN2O3. The highest BCUT2D eigenvalue weighted by atomic mass is 19.1. The molecule has 192 valence electrons. The van der Waals surface area contributed by atoms with Crippen LogP contribution >= 0.6 is 0 Å². The van der Waals surface area contributed by atoms with E-state index >= 15 is 0 Å². The molecule has 0 aliphatic heterocycles. The zero-order valence-corrected chi connectivity index (χ0v) is 21.4. The number of carbonyl (C=O) groups excluding carboxylic acids is 1. The van der Waals surface area contributed by atoms with Crippen LogP contribution < -0.4 is 5.32 Å². The van der Waals surface area contributed by atoms with Crippen LogP contribution in [0.15, 0.2) is 54.6 Å². The minimum atomic E-state index is -0.952. The molecule has 1 amide bonds. The van der Waals surface area contributed by atoms with Crippen LogP contribution in [-0.2, 0) is 4.79 Å². The van der Waals surface area contributed by atoms with E-state index in [1.54, 1.807) is 18.2 Å². The Hall–Kier alpha value is -3.09. The standard InChI is InChI=1S/C30H37FN2O3/c1-4-6-17-32-28(36)19-24(35)18-23(34)15-16-26-29(21-11-13-22(31)14-12-21)25-9-7-8-10-27(25)33-30(26)20(3)5-2/h7-16,20,23-24,34-35H,4-6,17-19H2,1-3H3,(H,32,36)/b16-15+/t20?,23-,24-/m1/s1. The van der Waals surface area contributed by atoms with Gasteiger partial charge >= 0.3 is 0 Å². The maximum Gasteiger partial charge on any atom is 0.222 e. The fourth-order valence-electron chi connectivity index (χ4n) is 4.25. The topological polar surface area (TPSA) is 82.5 Å². The number of pyridine rings is 1. The quantitative estimate of drug-likeness (QED) is 0.271. The summed E-state index contributed by atoms with van der Waals surface area (Å²) in [4.78, 5) is 16.9. The lowest BCUT2D eigenvalue weighted by molar-refractivity contribution is -0.123. The molecule has 0 saturated heterocycles. The zero-order valence-electron chi connectivity index (χ0n) is 21.4. The Morgan fingerprint density at radius 1 is 1.11 bits per heavy atom. The van der Waals surface area contributed by atoms with Crippen molar-refractivity contribution in [1.29, 1.82) is 0 Å². The van der Waals surface area contributed by atoms with Gasteiger partial charge in [0.25, 0.3) is 0 Å². The highest BCUT2D eigenvalue weighted by Gasteiger charge is 2.19. The normalized spacial score (nSPS) is 14.2. The maximum absolute atomic E-state index is 13.7. The first kappa shape index (κ1) is 27.5. The SMILES string of the molecule is CCCCNC(=O)C[C@H](O)C[C@H](O)/C=C/c1c(C(C)CC)nc2ccccc2c1-c1ccc(F)cc1. The minimum absolute atomic E-state index is 0.0449. The van der Waals surface area contributed by atoms with Crippen molar-refractivity contribution in [2.45, 2.75) is 71.0 Å². The second kappa shape index (κ2) is 13.3. The Morgan fingerprint density at radius 3 is 2.53 bits per heavy atom. The van der Waals surface area contributed by atoms with Gasteiger partial charge in [-0.1, -0.05) is 69.7 Å². The molecule has 1 aromatic heterocycles. The van der Waals surface area contributed by atoms with Gasteiger partial charge in [0, 0.05) is 29.5 Å². The molecule has 0 aliphatic carbocycles. The molecule has 0 spiro atoms. The van der Waals surface area contributed by atoms with Crippen LogP contribution in [0.5, 0.6) is 0 Å². The summed E-state index contributed by atoms with van der Waals surface area (Å²) in [6.45, 7) is 6.84. The van der Waals surface area contributed by atoms with Crippen LogP contribution in [0.1, 0.15) is 70.1 Å². The fraction of sp³-hybridized carbons (Fsp3) is 0.400. The number of rotatable bonds is 12. The van der Waals surface area contributed by atoms with Gasteiger partial charge in [-0.15, -0.1) is 0 Å². The van der Waals surface area contributed by atoms with E-state index in [9.17, 15) is 19.4 Å². The monoisotopic (exact) mass is 492 g/mol. The van der Waals surface area contributed by atoms with E-state index in [4.69, 9.17) is 4.98 Å². The van der Waals surface area contributed by atoms with E-state index in [2.05, 4.69) is 19.2 Å². The summed E-state index contributed by atoms with van der Waals surface area (Å²) >= 11 is 0. The Kier molecular flexibility index (Phi) is 10.1. The molecule has 5 nitrogen and oxygen atoms in total. The first-order valence-corrected chi connectivity index (χ1v) is 12.8. The Morgan fingerprint density at radius 2 is 1.83 bits per heavy atom. The number of aromatic nitrogens is 1. The van der Waals surface area contributed by atoms with Crippen LogP contribution in [-0.4, -0.2) is 39.9 Å². The van der Waals surface area contributed by atoms with Crippen molar-refractivity contribution in [2.24, 2.45) is 0 Å². The molecule has 36 heavy (non-hydrogen) atoms. The summed E-state index contributed by atoms with van der Waals surface area (Å²) in [7, 11) is 0. The molecule has 1 heterocycles. The number of hydrogen-bond donors (Lipinski definition) is 3. The second-order valence-corrected chi connectivity index (χ2v) is 9.34. The number of carbonyl (C=O) groups is 1. The van der Waals surface area contributed by atoms with Gasteiger partial charge in [-0.25, -0.2) is 4.39 Å². The molecule has 3 N–H and O–H groups in total. The Balaban J connectivity index is 1.94. The summed E-state index contributed by atoms with van der Waals surface area (Å²) in [5.41, 5.74) is 4.40. The molecule has 0 radical (unpaired) electrons. The summed E-state index contributed by atoms with van der Waals surface area (Å²) < 4.78 is 13.7. The van der Waals surface area contributed by atoms with Gasteiger partial charge < -0.3 is 15.5 Å². The van der Waals surface area contributed by atoms with E-state index in [0.29, 0.717) is 6.54 Å². The number of fused-ring (bicyclic) bond motifs is 1. The predicted octanol–water partition coefficient (Wildman–Crippen LogP) is 5.99. The van der Waals surface area contributed by atoms with Crippen molar-refractivity contribution in [3.8, 4) is 11.1 Å². The number of unbranched alkanes of at least 4 members (excludes halogenated alkanes) is 1. The molecule has 0 saturated carbocycles. The van der Waals surface area contributed by atoms with Gasteiger partial charge in [0.2, 0.25) is 5.91 Å². The van der Waals surface area contributed by atoms with Crippen LogP contribution in [0.25, 0.3) is 28.1 Å². The third-order valence-electron chi connectivity index (χ3n) is 6.44. The van der Waals surface area contributed by atoms with E-state index in [1.165, 1.54) is 12.1 Å². The van der Waals surface area contributed by atoms with Crippen LogP contribution in [0, 0.1) is 5.82 Å². The number of amides is 1. The van der Waals surface area contributed by atoms with E-state index in [0.717, 1.165) is 52.5 Å². The number of nitrogens with zero attached hydrogens (tertiary/aromatic N) is 1. The van der Waals surface area contributed by atoms with Crippen molar-refractivity contribution in [2.75, 3.05) is 6.54 Å². The lowest BCUT2D eigenvalue weighted by Crippen LogP contribution is -2.29. The maximum atomic E-state index is 13.7. The number of halogens is 1. The number of nitrogens with one attached hydrogen (secondary N) is 1. The van der Waals surface area contributed by atoms with Crippen molar-refractivity contribution in [3.05, 3.63) is 71.7 Å². The van der Waals surface area contributed by atoms with Gasteiger partial charge in [-0.2, -0.15) is 0 Å². The molecule has 0 aliphatic rings. The van der Waals surface area contributed by atoms with Gasteiger partial charge in [0.05, 0.1) is 29.8 Å². The number of aliphatic hydroxyl groups excluding tert-OH is 2. The third-order valence-corrected chi connectivity index (χ3v) is 6.44. The molecule has 3 aromatic rings. The highest BCUT2D eigenvalue weighted by Crippen LogP contribution is 2.37. The van der Waals surface area contributed by atoms with Gasteiger partial charge in [0.1, 0.15) is 5.82 Å². The second-order valence-electron chi connectivity index (χ2n) is 9.34. The molecule has 0 bridgehead atoms. The average molecular weight is 493 g/mol. The first-order valence-electron chi connectivity index (χ1n) is 12.8. The number of benzene rings is 2. The fourth-order valence-corrected chi connectivity index (χ4v) is 4.25. The van der Waals surface area contributed by atoms with Gasteiger partial charge in [0.15, 0.2) is 0 Å². The van der Waals surface area contributed by atoms with Crippen molar-refractivity contribution < 1.29 is 19.4 Å². The van der Waals surface area contributed by atoms with E-state index < -0.39 is 12.2 Å².